The Morgan fingerprint density at radius 2 is 1.91 bits per heavy atom. The smallest absolute Gasteiger partial charge is 0.116 e. The molecule has 0 aromatic carbocycles. The van der Waals surface area contributed by atoms with Gasteiger partial charge in [0.25, 0.3) is 0 Å². The Morgan fingerprint density at radius 3 is 2.72 bits per heavy atom. The van der Waals surface area contributed by atoms with Crippen LogP contribution in [0.15, 0.2) is 74.0 Å². The van der Waals surface area contributed by atoms with Crippen molar-refractivity contribution in [2.24, 2.45) is 0 Å². The van der Waals surface area contributed by atoms with Gasteiger partial charge >= 0.3 is 0 Å². The fraction of sp³-hybridized carbons (Fsp3) is 0.0400. The Bertz CT molecular complexity index is 1610. The van der Waals surface area contributed by atoms with Gasteiger partial charge in [-0.05, 0) is 48.9 Å². The fourth-order valence-electron chi connectivity index (χ4n) is 3.88. The summed E-state index contributed by atoms with van der Waals surface area (Å²) in [5, 5.41) is 9.80. The quantitative estimate of drug-likeness (QED) is 0.340. The summed E-state index contributed by atoms with van der Waals surface area (Å²) < 4.78 is 0. The molecule has 0 aliphatic heterocycles. The van der Waals surface area contributed by atoms with Crippen LogP contribution in [0.5, 0.6) is 0 Å². The van der Waals surface area contributed by atoms with Gasteiger partial charge in [0.1, 0.15) is 5.69 Å². The van der Waals surface area contributed by atoms with Gasteiger partial charge < -0.3 is 4.98 Å². The first kappa shape index (κ1) is 18.7. The minimum absolute atomic E-state index is 0.850. The summed E-state index contributed by atoms with van der Waals surface area (Å²) in [4.78, 5) is 19.1. The number of H-pyrrole nitrogens is 2. The number of aromatic amines is 2. The lowest BCUT2D eigenvalue weighted by atomic mass is 10.1. The Morgan fingerprint density at radius 1 is 0.969 bits per heavy atom. The monoisotopic (exact) mass is 434 g/mol. The number of pyridine rings is 3. The Labute approximate surface area is 187 Å². The van der Waals surface area contributed by atoms with Gasteiger partial charge in [0.15, 0.2) is 0 Å². The van der Waals surface area contributed by atoms with Gasteiger partial charge in [0.05, 0.1) is 34.8 Å². The summed E-state index contributed by atoms with van der Waals surface area (Å²) in [6.45, 7) is 6.09. The van der Waals surface area contributed by atoms with Crippen molar-refractivity contribution in [3.05, 3.63) is 78.8 Å². The molecule has 0 saturated heterocycles. The lowest BCUT2D eigenvalue weighted by Gasteiger charge is -2.00. The number of hydrogen-bond acceptors (Lipinski definition) is 5. The van der Waals surface area contributed by atoms with E-state index in [-0.39, 0.29) is 0 Å². The van der Waals surface area contributed by atoms with Crippen molar-refractivity contribution in [3.63, 3.8) is 0 Å². The lowest BCUT2D eigenvalue weighted by molar-refractivity contribution is 1.11. The molecule has 0 atom stereocenters. The van der Waals surface area contributed by atoms with Crippen LogP contribution in [0.1, 0.15) is 11.8 Å². The molecular weight excluding hydrogens is 416 g/mol. The molecular formula is C25H18N6S. The number of aromatic nitrogens is 6. The van der Waals surface area contributed by atoms with Crippen LogP contribution in [0.25, 0.3) is 60.5 Å². The average molecular weight is 435 g/mol. The summed E-state index contributed by atoms with van der Waals surface area (Å²) in [5.74, 6) is 0. The van der Waals surface area contributed by atoms with Crippen molar-refractivity contribution >= 4 is 38.7 Å². The van der Waals surface area contributed by atoms with Crippen molar-refractivity contribution in [3.8, 4) is 33.1 Å². The van der Waals surface area contributed by atoms with Gasteiger partial charge in [-0.15, -0.1) is 11.3 Å². The van der Waals surface area contributed by atoms with E-state index < -0.39 is 0 Å². The van der Waals surface area contributed by atoms with Crippen molar-refractivity contribution in [2.45, 2.75) is 6.92 Å². The SMILES string of the molecule is C=C(C)c1ccc(-c2cncc3[nH]c(-c4n[nH]c5cnc(-c6cccnc6)cc45)cc23)s1. The molecule has 32 heavy (non-hydrogen) atoms. The zero-order valence-corrected chi connectivity index (χ0v) is 18.1. The molecule has 6 nitrogen and oxygen atoms in total. The molecule has 7 heteroatoms. The second-order valence-corrected chi connectivity index (χ2v) is 8.79. The Balaban J connectivity index is 1.49. The van der Waals surface area contributed by atoms with Crippen LogP contribution in [-0.4, -0.2) is 30.1 Å². The van der Waals surface area contributed by atoms with E-state index in [1.165, 1.54) is 9.75 Å². The summed E-state index contributed by atoms with van der Waals surface area (Å²) >= 11 is 1.73. The highest BCUT2D eigenvalue weighted by Gasteiger charge is 2.16. The molecule has 0 amide bonds. The number of fused-ring (bicyclic) bond motifs is 2. The van der Waals surface area contributed by atoms with Crippen LogP contribution in [0.2, 0.25) is 0 Å². The van der Waals surface area contributed by atoms with Crippen molar-refractivity contribution in [2.75, 3.05) is 0 Å². The molecule has 0 saturated carbocycles. The maximum Gasteiger partial charge on any atom is 0.116 e. The molecule has 6 aromatic heterocycles. The van der Waals surface area contributed by atoms with Crippen molar-refractivity contribution in [1.82, 2.24) is 30.1 Å². The van der Waals surface area contributed by atoms with Crippen LogP contribution in [-0.2, 0) is 0 Å². The molecule has 0 aliphatic rings. The molecule has 154 valence electrons. The minimum Gasteiger partial charge on any atom is -0.352 e. The molecule has 6 rings (SSSR count). The number of rotatable bonds is 4. The molecule has 6 heterocycles. The standard InChI is InChI=1S/C25H18N6S/c1-14(2)23-5-6-24(32-23)18-11-27-12-21-16(18)8-20(29-21)25-17-9-19(15-4-3-7-26-10-15)28-13-22(17)30-31-25/h3-13,29H,1H2,2H3,(H,30,31). The summed E-state index contributed by atoms with van der Waals surface area (Å²) in [6.07, 6.45) is 9.16. The van der Waals surface area contributed by atoms with Crippen LogP contribution in [0.3, 0.4) is 0 Å². The predicted octanol–water partition coefficient (Wildman–Crippen LogP) is 6.32. The lowest BCUT2D eigenvalue weighted by Crippen LogP contribution is -1.85. The normalized spacial score (nSPS) is 11.4. The van der Waals surface area contributed by atoms with E-state index in [0.29, 0.717) is 0 Å². The van der Waals surface area contributed by atoms with E-state index in [0.717, 1.165) is 55.6 Å². The fourth-order valence-corrected chi connectivity index (χ4v) is 4.84. The molecule has 0 fully saturated rings. The Kier molecular flexibility index (Phi) is 4.22. The topological polar surface area (TPSA) is 83.1 Å². The van der Waals surface area contributed by atoms with Gasteiger partial charge in [-0.2, -0.15) is 5.10 Å². The summed E-state index contributed by atoms with van der Waals surface area (Å²) in [5.41, 5.74) is 7.63. The van der Waals surface area contributed by atoms with Gasteiger partial charge in [-0.25, -0.2) is 0 Å². The van der Waals surface area contributed by atoms with Gasteiger partial charge in [-0.3, -0.25) is 20.1 Å². The van der Waals surface area contributed by atoms with Crippen molar-refractivity contribution in [1.29, 1.82) is 0 Å². The average Bonchev–Trinajstić information content (AvgIpc) is 3.56. The molecule has 0 unspecified atom stereocenters. The van der Waals surface area contributed by atoms with Crippen LogP contribution >= 0.6 is 11.3 Å². The second-order valence-electron chi connectivity index (χ2n) is 7.70. The predicted molar refractivity (Wildman–Crippen MR) is 130 cm³/mol. The molecule has 0 aliphatic carbocycles. The highest BCUT2D eigenvalue weighted by Crippen LogP contribution is 2.37. The first-order valence-corrected chi connectivity index (χ1v) is 11.0. The molecule has 6 aromatic rings. The third-order valence-corrected chi connectivity index (χ3v) is 6.78. The third-order valence-electron chi connectivity index (χ3n) is 5.50. The third kappa shape index (κ3) is 3.02. The van der Waals surface area contributed by atoms with E-state index in [4.69, 9.17) is 0 Å². The maximum absolute atomic E-state index is 4.58. The van der Waals surface area contributed by atoms with E-state index in [2.05, 4.69) is 54.9 Å². The first-order valence-electron chi connectivity index (χ1n) is 10.1. The van der Waals surface area contributed by atoms with Gasteiger partial charge in [0, 0.05) is 50.2 Å². The zero-order chi connectivity index (χ0) is 21.7. The number of allylic oxidation sites excluding steroid dienone is 1. The van der Waals surface area contributed by atoms with E-state index in [1.54, 1.807) is 17.5 Å². The first-order chi connectivity index (χ1) is 15.7. The molecule has 0 bridgehead atoms. The Hall–Kier alpha value is -4.10. The molecule has 0 spiro atoms. The summed E-state index contributed by atoms with van der Waals surface area (Å²) in [7, 11) is 0. The minimum atomic E-state index is 0.850. The van der Waals surface area contributed by atoms with E-state index in [9.17, 15) is 0 Å². The van der Waals surface area contributed by atoms with Gasteiger partial charge in [0.2, 0.25) is 0 Å². The number of thiophene rings is 1. The molecule has 0 radical (unpaired) electrons. The molecule has 2 N–H and O–H groups in total. The second kappa shape index (κ2) is 7.25. The maximum atomic E-state index is 4.58. The van der Waals surface area contributed by atoms with Gasteiger partial charge in [-0.1, -0.05) is 6.58 Å². The number of hydrogen-bond donors (Lipinski definition) is 2. The van der Waals surface area contributed by atoms with Crippen LogP contribution < -0.4 is 0 Å². The zero-order valence-electron chi connectivity index (χ0n) is 17.3. The number of nitrogens with zero attached hydrogens (tertiary/aromatic N) is 4. The number of nitrogens with one attached hydrogen (secondary N) is 2. The summed E-state index contributed by atoms with van der Waals surface area (Å²) in [6, 6.07) is 12.4. The van der Waals surface area contributed by atoms with E-state index in [1.807, 2.05) is 49.9 Å². The van der Waals surface area contributed by atoms with Crippen LogP contribution in [0.4, 0.5) is 0 Å². The highest BCUT2D eigenvalue weighted by atomic mass is 32.1. The van der Waals surface area contributed by atoms with Crippen molar-refractivity contribution < 1.29 is 0 Å². The largest absolute Gasteiger partial charge is 0.352 e. The van der Waals surface area contributed by atoms with E-state index >= 15 is 0 Å². The van der Waals surface area contributed by atoms with Crippen LogP contribution in [0, 0.1) is 0 Å². The highest BCUT2D eigenvalue weighted by molar-refractivity contribution is 7.16.